The van der Waals surface area contributed by atoms with Crippen molar-refractivity contribution in [1.29, 1.82) is 0 Å². The molecule has 0 fully saturated rings. The van der Waals surface area contributed by atoms with Crippen LogP contribution >= 0.6 is 23.2 Å². The number of hydrogen-bond donors (Lipinski definition) is 0. The summed E-state index contributed by atoms with van der Waals surface area (Å²) in [6, 6.07) is 10.0. The molecule has 9 heteroatoms. The van der Waals surface area contributed by atoms with Gasteiger partial charge in [-0.25, -0.2) is 9.67 Å². The van der Waals surface area contributed by atoms with E-state index in [1.54, 1.807) is 17.8 Å². The Morgan fingerprint density at radius 3 is 2.50 bits per heavy atom. The summed E-state index contributed by atoms with van der Waals surface area (Å²) >= 11 is 12.0. The molecule has 4 rings (SSSR count). The van der Waals surface area contributed by atoms with Crippen LogP contribution < -0.4 is 4.74 Å². The van der Waals surface area contributed by atoms with Gasteiger partial charge in [0.1, 0.15) is 0 Å². The van der Waals surface area contributed by atoms with E-state index in [1.165, 1.54) is 18.3 Å². The second-order valence-electron chi connectivity index (χ2n) is 6.61. The lowest BCUT2D eigenvalue weighted by molar-refractivity contribution is -0.0532. The minimum Gasteiger partial charge on any atom is -0.417 e. The molecule has 0 aliphatic carbocycles. The van der Waals surface area contributed by atoms with Crippen LogP contribution in [0.3, 0.4) is 0 Å². The summed E-state index contributed by atoms with van der Waals surface area (Å²) in [5.74, 6) is -0.527. The van der Waals surface area contributed by atoms with E-state index in [4.69, 9.17) is 23.2 Å². The third-order valence-corrected chi connectivity index (χ3v) is 5.22. The van der Waals surface area contributed by atoms with Gasteiger partial charge in [-0.3, -0.25) is 5.11 Å². The van der Waals surface area contributed by atoms with E-state index in [9.17, 15) is 13.9 Å². The maximum absolute atomic E-state index is 13.0. The lowest BCUT2D eigenvalue weighted by Crippen LogP contribution is -2.09. The normalized spacial score (nSPS) is 11.4. The zero-order valence-electron chi connectivity index (χ0n) is 15.6. The van der Waals surface area contributed by atoms with Crippen LogP contribution in [0.4, 0.5) is 8.78 Å². The lowest BCUT2D eigenvalue weighted by atomic mass is 9.97. The first kappa shape index (κ1) is 20.4. The summed E-state index contributed by atoms with van der Waals surface area (Å²) in [7, 11) is 0. The highest BCUT2D eigenvalue weighted by Crippen LogP contribution is 2.38. The quantitative estimate of drug-likeness (QED) is 0.356. The lowest BCUT2D eigenvalue weighted by Gasteiger charge is -2.16. The number of fused-ring (bicyclic) bond motifs is 1. The Bertz CT molecular complexity index is 1230. The average molecular weight is 449 g/mol. The van der Waals surface area contributed by atoms with Gasteiger partial charge in [-0.05, 0) is 42.3 Å². The second-order valence-corrected chi connectivity index (χ2v) is 7.46. The Hall–Kier alpha value is -2.90. The minimum absolute atomic E-state index is 0.145. The molecule has 0 aliphatic rings. The van der Waals surface area contributed by atoms with Crippen molar-refractivity contribution in [2.45, 2.75) is 20.0 Å². The molecule has 2 aromatic heterocycles. The SMILES string of the molecule is Cc1c(Cc2ccc(-n3cc(Cl)cn3)cc2)c(OC(F)F)nc2c(Cl)ccc([O])c12. The third kappa shape index (κ3) is 3.91. The smallest absolute Gasteiger partial charge is 0.388 e. The molecule has 0 bridgehead atoms. The largest absolute Gasteiger partial charge is 0.417 e. The van der Waals surface area contributed by atoms with Crippen molar-refractivity contribution in [2.75, 3.05) is 0 Å². The van der Waals surface area contributed by atoms with Crippen molar-refractivity contribution in [3.8, 4) is 17.3 Å². The monoisotopic (exact) mass is 448 g/mol. The van der Waals surface area contributed by atoms with Gasteiger partial charge in [0.2, 0.25) is 5.88 Å². The molecule has 4 aromatic rings. The van der Waals surface area contributed by atoms with Crippen LogP contribution in [-0.4, -0.2) is 21.4 Å². The van der Waals surface area contributed by atoms with Crippen LogP contribution in [0.2, 0.25) is 10.0 Å². The molecular formula is C21H14Cl2F2N3O2. The average Bonchev–Trinajstić information content (AvgIpc) is 3.14. The highest BCUT2D eigenvalue weighted by molar-refractivity contribution is 6.35. The number of aryl methyl sites for hydroxylation is 1. The van der Waals surface area contributed by atoms with Crippen molar-refractivity contribution in [3.63, 3.8) is 0 Å². The van der Waals surface area contributed by atoms with Crippen LogP contribution in [0.25, 0.3) is 16.6 Å². The van der Waals surface area contributed by atoms with Gasteiger partial charge in [0.25, 0.3) is 0 Å². The Balaban J connectivity index is 1.77. The summed E-state index contributed by atoms with van der Waals surface area (Å²) in [5.41, 5.74) is 2.65. The molecule has 0 amide bonds. The van der Waals surface area contributed by atoms with Gasteiger partial charge in [0, 0.05) is 18.2 Å². The fraction of sp³-hybridized carbons (Fsp3) is 0.143. The zero-order chi connectivity index (χ0) is 21.4. The topological polar surface area (TPSA) is 59.8 Å². The molecule has 1 radical (unpaired) electrons. The van der Waals surface area contributed by atoms with Gasteiger partial charge in [0.15, 0.2) is 5.75 Å². The van der Waals surface area contributed by atoms with E-state index < -0.39 is 6.61 Å². The van der Waals surface area contributed by atoms with Crippen LogP contribution in [0.5, 0.6) is 11.6 Å². The fourth-order valence-corrected chi connectivity index (χ4v) is 3.64. The number of rotatable bonds is 5. The highest BCUT2D eigenvalue weighted by atomic mass is 35.5. The summed E-state index contributed by atoms with van der Waals surface area (Å²) in [4.78, 5) is 4.14. The van der Waals surface area contributed by atoms with E-state index in [2.05, 4.69) is 14.8 Å². The number of aromatic nitrogens is 3. The molecule has 2 aromatic carbocycles. The van der Waals surface area contributed by atoms with Crippen LogP contribution in [0.1, 0.15) is 16.7 Å². The Kier molecular flexibility index (Phi) is 5.49. The fourth-order valence-electron chi connectivity index (χ4n) is 3.30. The Morgan fingerprint density at radius 2 is 1.87 bits per heavy atom. The molecular weight excluding hydrogens is 435 g/mol. The number of pyridine rings is 1. The molecule has 0 saturated carbocycles. The first-order valence-electron chi connectivity index (χ1n) is 8.86. The number of halogens is 4. The van der Waals surface area contributed by atoms with Crippen molar-refractivity contribution in [3.05, 3.63) is 75.5 Å². The number of nitrogens with zero attached hydrogens (tertiary/aromatic N) is 3. The molecule has 2 heterocycles. The highest BCUT2D eigenvalue weighted by Gasteiger charge is 2.21. The summed E-state index contributed by atoms with van der Waals surface area (Å²) < 4.78 is 32.3. The molecule has 0 aliphatic heterocycles. The van der Waals surface area contributed by atoms with Crippen LogP contribution in [-0.2, 0) is 11.5 Å². The maximum Gasteiger partial charge on any atom is 0.388 e. The van der Waals surface area contributed by atoms with Gasteiger partial charge >= 0.3 is 6.61 Å². The van der Waals surface area contributed by atoms with Gasteiger partial charge in [0.05, 0.1) is 32.8 Å². The van der Waals surface area contributed by atoms with Crippen molar-refractivity contribution in [2.24, 2.45) is 0 Å². The first-order valence-corrected chi connectivity index (χ1v) is 9.62. The maximum atomic E-state index is 13.0. The Labute approximate surface area is 180 Å². The number of hydrogen-bond acceptors (Lipinski definition) is 3. The molecule has 0 saturated heterocycles. The molecule has 30 heavy (non-hydrogen) atoms. The van der Waals surface area contributed by atoms with Crippen molar-refractivity contribution < 1.29 is 18.6 Å². The van der Waals surface area contributed by atoms with E-state index >= 15 is 0 Å². The summed E-state index contributed by atoms with van der Waals surface area (Å²) in [6.45, 7) is -1.38. The summed E-state index contributed by atoms with van der Waals surface area (Å²) in [5, 5.41) is 17.5. The number of ether oxygens (including phenoxy) is 1. The molecule has 153 valence electrons. The van der Waals surface area contributed by atoms with E-state index in [0.29, 0.717) is 21.5 Å². The van der Waals surface area contributed by atoms with Gasteiger partial charge < -0.3 is 4.74 Å². The zero-order valence-corrected chi connectivity index (χ0v) is 17.1. The molecule has 0 unspecified atom stereocenters. The predicted octanol–water partition coefficient (Wildman–Crippen LogP) is 6.37. The molecule has 0 N–H and O–H groups in total. The van der Waals surface area contributed by atoms with E-state index in [-0.39, 0.29) is 28.6 Å². The number of benzene rings is 2. The van der Waals surface area contributed by atoms with Gasteiger partial charge in [-0.2, -0.15) is 13.9 Å². The second kappa shape index (κ2) is 8.08. The number of alkyl halides is 2. The van der Waals surface area contributed by atoms with Crippen molar-refractivity contribution in [1.82, 2.24) is 14.8 Å². The first-order chi connectivity index (χ1) is 14.3. The molecule has 5 nitrogen and oxygen atoms in total. The van der Waals surface area contributed by atoms with E-state index in [1.807, 2.05) is 24.3 Å². The van der Waals surface area contributed by atoms with Gasteiger partial charge in [-0.1, -0.05) is 35.3 Å². The van der Waals surface area contributed by atoms with E-state index in [0.717, 1.165) is 11.3 Å². The van der Waals surface area contributed by atoms with Crippen LogP contribution in [0.15, 0.2) is 48.8 Å². The molecule has 0 spiro atoms. The van der Waals surface area contributed by atoms with Crippen molar-refractivity contribution >= 4 is 34.1 Å². The minimum atomic E-state index is -3.06. The summed E-state index contributed by atoms with van der Waals surface area (Å²) in [6.07, 6.45) is 3.43. The third-order valence-electron chi connectivity index (χ3n) is 4.72. The standard InChI is InChI=1S/C21H14Cl2F2N3O2/c1-11-15(8-12-2-4-14(5-3-12)28-10-13(22)9-26-28)20(30-21(24)25)27-19-16(23)6-7-17(29)18(11)19/h2-7,9-10,21H,8H2,1H3. The molecule has 0 atom stereocenters. The Morgan fingerprint density at radius 1 is 1.13 bits per heavy atom. The van der Waals surface area contributed by atoms with Crippen LogP contribution in [0, 0.1) is 6.92 Å². The predicted molar refractivity (Wildman–Crippen MR) is 110 cm³/mol. The van der Waals surface area contributed by atoms with Gasteiger partial charge in [-0.15, -0.1) is 0 Å².